The first kappa shape index (κ1) is 21.2. The second-order valence-corrected chi connectivity index (χ2v) is 16.3. The number of benzene rings is 1. The first-order valence-electron chi connectivity index (χ1n) is 8.51. The average molecular weight is 469 g/mol. The van der Waals surface area contributed by atoms with Crippen molar-refractivity contribution in [2.24, 2.45) is 0 Å². The molecule has 0 saturated carbocycles. The summed E-state index contributed by atoms with van der Waals surface area (Å²) in [7, 11) is 8.20. The zero-order valence-electron chi connectivity index (χ0n) is 15.9. The van der Waals surface area contributed by atoms with E-state index < -0.39 is 28.9 Å². The van der Waals surface area contributed by atoms with Crippen LogP contribution in [0.2, 0.25) is 13.1 Å². The molecule has 0 spiro atoms. The van der Waals surface area contributed by atoms with E-state index in [4.69, 9.17) is 17.0 Å². The molecule has 0 heterocycles. The van der Waals surface area contributed by atoms with Crippen molar-refractivity contribution in [1.29, 1.82) is 0 Å². The van der Waals surface area contributed by atoms with E-state index in [2.05, 4.69) is 89.3 Å². The van der Waals surface area contributed by atoms with Crippen LogP contribution in [-0.2, 0) is 26.3 Å². The Kier molecular flexibility index (Phi) is 6.99. The summed E-state index contributed by atoms with van der Waals surface area (Å²) in [6.45, 7) is 14.1. The van der Waals surface area contributed by atoms with Gasteiger partial charge in [0.15, 0.2) is 0 Å². The fourth-order valence-electron chi connectivity index (χ4n) is 3.37. The number of hydrogen-bond donors (Lipinski definition) is 0. The van der Waals surface area contributed by atoms with Gasteiger partial charge in [0.05, 0.1) is 0 Å². The van der Waals surface area contributed by atoms with E-state index in [0.717, 1.165) is 0 Å². The Morgan fingerprint density at radius 1 is 1.04 bits per heavy atom. The van der Waals surface area contributed by atoms with Gasteiger partial charge >= 0.3 is 37.9 Å². The predicted molar refractivity (Wildman–Crippen MR) is 113 cm³/mol. The first-order chi connectivity index (χ1) is 11.6. The summed E-state index contributed by atoms with van der Waals surface area (Å²) >= 11 is -0.826. The molecule has 0 nitrogen and oxygen atoms in total. The number of hydrogen-bond acceptors (Lipinski definition) is 0. The average Bonchev–Trinajstić information content (AvgIpc) is 3.14. The molecule has 3 rings (SSSR count). The SMILES string of the molecule is Cc1cc2cc(C(C)(C)C)cc([Si](C)(C)[c-]3cccc3)c2[cH-]1.[Cl][Zr+2][Cl]. The van der Waals surface area contributed by atoms with Crippen LogP contribution >= 0.6 is 17.0 Å². The van der Waals surface area contributed by atoms with Gasteiger partial charge in [0.1, 0.15) is 0 Å². The number of aryl methyl sites for hydroxylation is 1. The van der Waals surface area contributed by atoms with Gasteiger partial charge in [-0.2, -0.15) is 23.4 Å². The van der Waals surface area contributed by atoms with Crippen LogP contribution in [-0.4, -0.2) is 8.07 Å². The standard InChI is InChI=1S/C21H26Si.2ClH.Zr/c1-15-11-16-13-17(21(2,3)4)14-20(19(16)12-15)22(5,6)18-9-7-8-10-18;;;/h7-14H,1-6H3;2*1H;/q-2;;;+4/p-2. The molecule has 0 bridgehead atoms. The van der Waals surface area contributed by atoms with Crippen molar-refractivity contribution in [3.05, 3.63) is 59.7 Å². The van der Waals surface area contributed by atoms with Crippen LogP contribution < -0.4 is 10.4 Å². The molecule has 0 aromatic heterocycles. The Bertz CT molecular complexity index is 824. The van der Waals surface area contributed by atoms with Crippen molar-refractivity contribution in [3.63, 3.8) is 0 Å². The summed E-state index contributed by atoms with van der Waals surface area (Å²) < 4.78 is 0. The van der Waals surface area contributed by atoms with E-state index in [1.807, 2.05) is 0 Å². The second-order valence-electron chi connectivity index (χ2n) is 8.18. The van der Waals surface area contributed by atoms with Crippen molar-refractivity contribution >= 4 is 46.2 Å². The van der Waals surface area contributed by atoms with E-state index in [-0.39, 0.29) is 5.41 Å². The molecular formula is C21H26Cl2SiZr. The summed E-state index contributed by atoms with van der Waals surface area (Å²) in [6, 6.07) is 18.5. The fraction of sp³-hybridized carbons (Fsp3) is 0.333. The maximum absolute atomic E-state index is 4.93. The molecule has 0 radical (unpaired) electrons. The summed E-state index contributed by atoms with van der Waals surface area (Å²) in [5.41, 5.74) is 3.01. The van der Waals surface area contributed by atoms with Gasteiger partial charge in [-0.15, -0.1) is 39.7 Å². The minimum atomic E-state index is -1.66. The molecular weight excluding hydrogens is 442 g/mol. The molecule has 0 N–H and O–H groups in total. The monoisotopic (exact) mass is 466 g/mol. The molecule has 0 aliphatic heterocycles. The Morgan fingerprint density at radius 2 is 1.60 bits per heavy atom. The van der Waals surface area contributed by atoms with Gasteiger partial charge in [-0.3, -0.25) is 0 Å². The summed E-state index contributed by atoms with van der Waals surface area (Å²) in [5, 5.41) is 5.98. The van der Waals surface area contributed by atoms with Gasteiger partial charge in [0, 0.05) is 8.07 Å². The molecule has 0 unspecified atom stereocenters. The molecule has 0 fully saturated rings. The molecule has 0 aliphatic carbocycles. The van der Waals surface area contributed by atoms with Crippen molar-refractivity contribution < 1.29 is 20.8 Å². The number of halogens is 2. The molecule has 0 saturated heterocycles. The van der Waals surface area contributed by atoms with Crippen molar-refractivity contribution in [2.75, 3.05) is 0 Å². The van der Waals surface area contributed by atoms with Crippen LogP contribution in [0.3, 0.4) is 0 Å². The third-order valence-electron chi connectivity index (χ3n) is 4.89. The van der Waals surface area contributed by atoms with Gasteiger partial charge in [-0.1, -0.05) is 46.4 Å². The van der Waals surface area contributed by atoms with Gasteiger partial charge in [-0.25, -0.2) is 12.1 Å². The molecule has 3 aromatic rings. The van der Waals surface area contributed by atoms with Crippen LogP contribution in [0, 0.1) is 6.92 Å². The zero-order valence-corrected chi connectivity index (χ0v) is 20.8. The summed E-state index contributed by atoms with van der Waals surface area (Å²) in [6.07, 6.45) is 0. The molecule has 0 atom stereocenters. The molecule has 0 amide bonds. The van der Waals surface area contributed by atoms with Gasteiger partial charge in [-0.05, 0) is 5.41 Å². The summed E-state index contributed by atoms with van der Waals surface area (Å²) in [5.74, 6) is 0. The van der Waals surface area contributed by atoms with Crippen molar-refractivity contribution in [3.8, 4) is 0 Å². The van der Waals surface area contributed by atoms with E-state index in [0.29, 0.717) is 0 Å². The van der Waals surface area contributed by atoms with Gasteiger partial charge < -0.3 is 0 Å². The molecule has 0 aliphatic rings. The van der Waals surface area contributed by atoms with Gasteiger partial charge in [0.2, 0.25) is 0 Å². The maximum atomic E-state index is 4.93. The van der Waals surface area contributed by atoms with E-state index >= 15 is 0 Å². The number of rotatable bonds is 2. The summed E-state index contributed by atoms with van der Waals surface area (Å²) in [4.78, 5) is 0. The Hall–Kier alpha value is -0.140. The van der Waals surface area contributed by atoms with E-state index in [1.54, 1.807) is 5.19 Å². The Balaban J connectivity index is 0.000000701. The van der Waals surface area contributed by atoms with E-state index in [1.165, 1.54) is 27.1 Å². The van der Waals surface area contributed by atoms with Crippen LogP contribution in [0.15, 0.2) is 48.5 Å². The van der Waals surface area contributed by atoms with Crippen LogP contribution in [0.5, 0.6) is 0 Å². The van der Waals surface area contributed by atoms with Crippen LogP contribution in [0.25, 0.3) is 10.8 Å². The predicted octanol–water partition coefficient (Wildman–Crippen LogP) is 6.08. The molecule has 4 heteroatoms. The third-order valence-corrected chi connectivity index (χ3v) is 8.43. The molecule has 25 heavy (non-hydrogen) atoms. The van der Waals surface area contributed by atoms with Gasteiger partial charge in [0.25, 0.3) is 0 Å². The number of fused-ring (bicyclic) bond motifs is 1. The molecule has 132 valence electrons. The fourth-order valence-corrected chi connectivity index (χ4v) is 6.11. The third kappa shape index (κ3) is 4.78. The quantitative estimate of drug-likeness (QED) is 0.316. The Morgan fingerprint density at radius 3 is 2.12 bits per heavy atom. The minimum absolute atomic E-state index is 0.185. The Labute approximate surface area is 171 Å². The first-order valence-corrected chi connectivity index (χ1v) is 17.8. The van der Waals surface area contributed by atoms with E-state index in [9.17, 15) is 0 Å². The van der Waals surface area contributed by atoms with Crippen molar-refractivity contribution in [2.45, 2.75) is 46.2 Å². The van der Waals surface area contributed by atoms with Crippen LogP contribution in [0.1, 0.15) is 31.9 Å². The molecule has 3 aromatic carbocycles. The zero-order chi connectivity index (χ0) is 18.8. The topological polar surface area (TPSA) is 0 Å². The normalized spacial score (nSPS) is 11.8. The van der Waals surface area contributed by atoms with Crippen molar-refractivity contribution in [1.82, 2.24) is 0 Å². The second kappa shape index (κ2) is 8.26. The van der Waals surface area contributed by atoms with Crippen LogP contribution in [0.4, 0.5) is 0 Å².